The van der Waals surface area contributed by atoms with Gasteiger partial charge in [0.15, 0.2) is 0 Å². The molecule has 0 bridgehead atoms. The standard InChI is InChI=1S/C16H21N3O3S/c20-15(11-21-10-13-4-1-2-6-22-13)17-8-12-9-18-19-16(12)14-5-3-7-23-14/h3,5,7,9,13H,1-2,4,6,8,10-11H2,(H,17,20)(H,18,19). The number of hydrogen-bond acceptors (Lipinski definition) is 5. The molecule has 7 heteroatoms. The topological polar surface area (TPSA) is 76.2 Å². The smallest absolute Gasteiger partial charge is 0.246 e. The molecule has 1 saturated heterocycles. The van der Waals surface area contributed by atoms with E-state index in [2.05, 4.69) is 15.5 Å². The predicted molar refractivity (Wildman–Crippen MR) is 88.2 cm³/mol. The van der Waals surface area contributed by atoms with E-state index in [9.17, 15) is 4.79 Å². The zero-order chi connectivity index (χ0) is 15.9. The van der Waals surface area contributed by atoms with Gasteiger partial charge < -0.3 is 14.8 Å². The Morgan fingerprint density at radius 3 is 3.26 bits per heavy atom. The minimum absolute atomic E-state index is 0.0616. The number of nitrogens with zero attached hydrogens (tertiary/aromatic N) is 1. The SMILES string of the molecule is O=C(COCC1CCCCO1)NCc1cn[nH]c1-c1cccs1. The van der Waals surface area contributed by atoms with Crippen molar-refractivity contribution in [1.29, 1.82) is 0 Å². The fourth-order valence-corrected chi connectivity index (χ4v) is 3.30. The number of carbonyl (C=O) groups is 1. The van der Waals surface area contributed by atoms with Crippen LogP contribution in [0.25, 0.3) is 10.6 Å². The first-order valence-electron chi connectivity index (χ1n) is 7.85. The highest BCUT2D eigenvalue weighted by atomic mass is 32.1. The third-order valence-corrected chi connectivity index (χ3v) is 4.66. The molecule has 1 aliphatic heterocycles. The largest absolute Gasteiger partial charge is 0.376 e. The van der Waals surface area contributed by atoms with Gasteiger partial charge >= 0.3 is 0 Å². The second-order valence-electron chi connectivity index (χ2n) is 5.53. The highest BCUT2D eigenvalue weighted by Gasteiger charge is 2.15. The van der Waals surface area contributed by atoms with Crippen LogP contribution >= 0.6 is 11.3 Å². The molecular weight excluding hydrogens is 314 g/mol. The first kappa shape index (κ1) is 16.2. The van der Waals surface area contributed by atoms with E-state index in [1.54, 1.807) is 17.5 Å². The van der Waals surface area contributed by atoms with Gasteiger partial charge in [-0.2, -0.15) is 5.10 Å². The number of amides is 1. The molecule has 1 aliphatic rings. The molecule has 1 unspecified atom stereocenters. The number of nitrogens with one attached hydrogen (secondary N) is 2. The third kappa shape index (κ3) is 4.63. The van der Waals surface area contributed by atoms with Crippen LogP contribution in [0.2, 0.25) is 0 Å². The number of H-pyrrole nitrogens is 1. The van der Waals surface area contributed by atoms with Crippen LogP contribution in [0.1, 0.15) is 24.8 Å². The second-order valence-corrected chi connectivity index (χ2v) is 6.48. The summed E-state index contributed by atoms with van der Waals surface area (Å²) in [5, 5.41) is 11.9. The van der Waals surface area contributed by atoms with E-state index < -0.39 is 0 Å². The highest BCUT2D eigenvalue weighted by molar-refractivity contribution is 7.13. The van der Waals surface area contributed by atoms with Crippen LogP contribution in [0.15, 0.2) is 23.7 Å². The van der Waals surface area contributed by atoms with Gasteiger partial charge in [-0.3, -0.25) is 9.89 Å². The van der Waals surface area contributed by atoms with Crippen molar-refractivity contribution < 1.29 is 14.3 Å². The molecule has 3 rings (SSSR count). The van der Waals surface area contributed by atoms with Crippen LogP contribution in [0, 0.1) is 0 Å². The van der Waals surface area contributed by atoms with E-state index in [1.807, 2.05) is 17.5 Å². The maximum Gasteiger partial charge on any atom is 0.246 e. The lowest BCUT2D eigenvalue weighted by molar-refractivity contribution is -0.128. The molecule has 124 valence electrons. The number of aromatic amines is 1. The predicted octanol–water partition coefficient (Wildman–Crippen LogP) is 2.34. The van der Waals surface area contributed by atoms with E-state index in [1.165, 1.54) is 6.42 Å². The van der Waals surface area contributed by atoms with Crippen molar-refractivity contribution in [3.05, 3.63) is 29.3 Å². The van der Waals surface area contributed by atoms with Gasteiger partial charge in [0.05, 0.1) is 29.5 Å². The molecule has 0 aromatic carbocycles. The quantitative estimate of drug-likeness (QED) is 0.814. The summed E-state index contributed by atoms with van der Waals surface area (Å²) in [5.74, 6) is -0.126. The summed E-state index contributed by atoms with van der Waals surface area (Å²) in [7, 11) is 0. The monoisotopic (exact) mass is 335 g/mol. The van der Waals surface area contributed by atoms with Crippen molar-refractivity contribution in [2.75, 3.05) is 19.8 Å². The van der Waals surface area contributed by atoms with Crippen molar-refractivity contribution in [1.82, 2.24) is 15.5 Å². The van der Waals surface area contributed by atoms with E-state index in [4.69, 9.17) is 9.47 Å². The summed E-state index contributed by atoms with van der Waals surface area (Å²) in [5.41, 5.74) is 1.92. The van der Waals surface area contributed by atoms with Crippen molar-refractivity contribution >= 4 is 17.2 Å². The Morgan fingerprint density at radius 2 is 2.48 bits per heavy atom. The number of thiophene rings is 1. The Balaban J connectivity index is 1.40. The zero-order valence-electron chi connectivity index (χ0n) is 12.9. The Bertz CT molecular complexity index is 606. The normalized spacial score (nSPS) is 18.0. The summed E-state index contributed by atoms with van der Waals surface area (Å²) in [4.78, 5) is 13.0. The van der Waals surface area contributed by atoms with Gasteiger partial charge in [0, 0.05) is 18.7 Å². The summed E-state index contributed by atoms with van der Waals surface area (Å²) in [6.07, 6.45) is 5.18. The number of carbonyl (C=O) groups excluding carboxylic acids is 1. The first-order valence-corrected chi connectivity index (χ1v) is 8.73. The minimum atomic E-state index is -0.126. The maximum absolute atomic E-state index is 11.9. The molecule has 0 saturated carbocycles. The molecule has 0 aliphatic carbocycles. The van der Waals surface area contributed by atoms with E-state index in [-0.39, 0.29) is 18.6 Å². The molecule has 3 heterocycles. The molecule has 23 heavy (non-hydrogen) atoms. The third-order valence-electron chi connectivity index (χ3n) is 3.77. The number of hydrogen-bond donors (Lipinski definition) is 2. The highest BCUT2D eigenvalue weighted by Crippen LogP contribution is 2.25. The van der Waals surface area contributed by atoms with Gasteiger partial charge in [-0.1, -0.05) is 6.07 Å². The zero-order valence-corrected chi connectivity index (χ0v) is 13.7. The molecule has 2 N–H and O–H groups in total. The molecule has 2 aromatic rings. The van der Waals surface area contributed by atoms with Gasteiger partial charge in [-0.15, -0.1) is 11.3 Å². The van der Waals surface area contributed by atoms with Crippen molar-refractivity contribution in [3.63, 3.8) is 0 Å². The van der Waals surface area contributed by atoms with Gasteiger partial charge in [0.25, 0.3) is 0 Å². The van der Waals surface area contributed by atoms with Gasteiger partial charge in [-0.05, 0) is 30.7 Å². The molecule has 1 amide bonds. The first-order chi connectivity index (χ1) is 11.3. The second kappa shape index (κ2) is 8.24. The van der Waals surface area contributed by atoms with Crippen LogP contribution < -0.4 is 5.32 Å². The summed E-state index contributed by atoms with van der Waals surface area (Å²) < 4.78 is 11.0. The molecule has 1 atom stereocenters. The van der Waals surface area contributed by atoms with E-state index in [0.717, 1.165) is 35.6 Å². The van der Waals surface area contributed by atoms with Crippen LogP contribution in [-0.2, 0) is 20.8 Å². The molecule has 0 radical (unpaired) electrons. The summed E-state index contributed by atoms with van der Waals surface area (Å²) >= 11 is 1.64. The average molecular weight is 335 g/mol. The van der Waals surface area contributed by atoms with Crippen molar-refractivity contribution in [2.45, 2.75) is 31.9 Å². The van der Waals surface area contributed by atoms with Gasteiger partial charge in [-0.25, -0.2) is 0 Å². The molecule has 6 nitrogen and oxygen atoms in total. The van der Waals surface area contributed by atoms with E-state index >= 15 is 0 Å². The Labute approximate surface area is 139 Å². The minimum Gasteiger partial charge on any atom is -0.376 e. The van der Waals surface area contributed by atoms with E-state index in [0.29, 0.717) is 13.2 Å². The average Bonchev–Trinajstić information content (AvgIpc) is 3.25. The molecular formula is C16H21N3O3S. The Morgan fingerprint density at radius 1 is 1.52 bits per heavy atom. The van der Waals surface area contributed by atoms with Crippen LogP contribution in [0.5, 0.6) is 0 Å². The lowest BCUT2D eigenvalue weighted by atomic mass is 10.1. The number of rotatable bonds is 7. The Kier molecular flexibility index (Phi) is 5.79. The van der Waals surface area contributed by atoms with Gasteiger partial charge in [0.2, 0.25) is 5.91 Å². The summed E-state index contributed by atoms with van der Waals surface area (Å²) in [6.45, 7) is 1.78. The fraction of sp³-hybridized carbons (Fsp3) is 0.500. The lowest BCUT2D eigenvalue weighted by Gasteiger charge is -2.22. The van der Waals surface area contributed by atoms with Gasteiger partial charge in [0.1, 0.15) is 6.61 Å². The summed E-state index contributed by atoms with van der Waals surface area (Å²) in [6, 6.07) is 4.02. The number of aromatic nitrogens is 2. The molecule has 2 aromatic heterocycles. The van der Waals surface area contributed by atoms with Crippen molar-refractivity contribution in [2.24, 2.45) is 0 Å². The van der Waals surface area contributed by atoms with Crippen molar-refractivity contribution in [3.8, 4) is 10.6 Å². The number of ether oxygens (including phenoxy) is 2. The maximum atomic E-state index is 11.9. The van der Waals surface area contributed by atoms with Crippen LogP contribution in [-0.4, -0.2) is 42.0 Å². The van der Waals surface area contributed by atoms with Crippen LogP contribution in [0.4, 0.5) is 0 Å². The van der Waals surface area contributed by atoms with Crippen LogP contribution in [0.3, 0.4) is 0 Å². The molecule has 1 fully saturated rings. The lowest BCUT2D eigenvalue weighted by Crippen LogP contribution is -2.30. The Hall–Kier alpha value is -1.70. The molecule has 0 spiro atoms. The fourth-order valence-electron chi connectivity index (χ4n) is 2.55.